The summed E-state index contributed by atoms with van der Waals surface area (Å²) < 4.78 is 31.7. The van der Waals surface area contributed by atoms with Crippen LogP contribution < -0.4 is 15.5 Å². The van der Waals surface area contributed by atoms with Gasteiger partial charge in [-0.3, -0.25) is 4.79 Å². The van der Waals surface area contributed by atoms with Gasteiger partial charge in [0, 0.05) is 41.8 Å². The van der Waals surface area contributed by atoms with Crippen LogP contribution in [0.4, 0.5) is 36.3 Å². The van der Waals surface area contributed by atoms with Crippen LogP contribution in [0.5, 0.6) is 0 Å². The summed E-state index contributed by atoms with van der Waals surface area (Å²) in [5, 5.41) is 16.9. The Morgan fingerprint density at radius 1 is 0.854 bits per heavy atom. The van der Waals surface area contributed by atoms with Gasteiger partial charge in [-0.1, -0.05) is 42.5 Å². The molecule has 0 spiro atoms. The lowest BCUT2D eigenvalue weighted by atomic mass is 10.2. The van der Waals surface area contributed by atoms with E-state index in [0.29, 0.717) is 17.3 Å². The van der Waals surface area contributed by atoms with Gasteiger partial charge >= 0.3 is 12.1 Å². The number of hydrogen-bond acceptors (Lipinski definition) is 8. The highest BCUT2D eigenvalue weighted by Crippen LogP contribution is 2.26. The Kier molecular flexibility index (Phi) is 8.78. The molecule has 0 unspecified atom stereocenters. The summed E-state index contributed by atoms with van der Waals surface area (Å²) in [5.74, 6) is -1.65. The predicted octanol–water partition coefficient (Wildman–Crippen LogP) is 6.45. The summed E-state index contributed by atoms with van der Waals surface area (Å²) in [5.41, 5.74) is 3.75. The van der Waals surface area contributed by atoms with E-state index in [1.165, 1.54) is 11.3 Å². The lowest BCUT2D eigenvalue weighted by molar-refractivity contribution is -0.192. The van der Waals surface area contributed by atoms with Crippen LogP contribution >= 0.6 is 11.3 Å². The van der Waals surface area contributed by atoms with Crippen molar-refractivity contribution in [3.63, 3.8) is 0 Å². The minimum atomic E-state index is -5.08. The summed E-state index contributed by atoms with van der Waals surface area (Å²) in [4.78, 5) is 37.3. The van der Waals surface area contributed by atoms with Gasteiger partial charge in [-0.25, -0.2) is 14.8 Å². The number of anilines is 4. The molecule has 210 valence electrons. The second-order valence-corrected chi connectivity index (χ2v) is 9.50. The fourth-order valence-corrected chi connectivity index (χ4v) is 4.32. The van der Waals surface area contributed by atoms with Gasteiger partial charge in [-0.05, 0) is 36.4 Å². The Labute approximate surface area is 236 Å². The van der Waals surface area contributed by atoms with Crippen molar-refractivity contribution < 1.29 is 27.9 Å². The van der Waals surface area contributed by atoms with Crippen molar-refractivity contribution in [2.24, 2.45) is 0 Å². The van der Waals surface area contributed by atoms with Gasteiger partial charge < -0.3 is 20.6 Å². The largest absolute Gasteiger partial charge is 0.490 e. The number of halogens is 3. The number of carbonyl (C=O) groups is 2. The summed E-state index contributed by atoms with van der Waals surface area (Å²) in [6.45, 7) is 0. The molecule has 1 amide bonds. The van der Waals surface area contributed by atoms with Gasteiger partial charge in [-0.2, -0.15) is 18.2 Å². The number of thiazole rings is 1. The van der Waals surface area contributed by atoms with E-state index in [1.54, 1.807) is 5.38 Å². The number of aromatic nitrogens is 3. The number of nitrogens with zero attached hydrogens (tertiary/aromatic N) is 4. The number of amides is 1. The summed E-state index contributed by atoms with van der Waals surface area (Å²) >= 11 is 1.45. The number of aliphatic carboxylic acids is 1. The molecule has 2 heterocycles. The lowest BCUT2D eigenvalue weighted by Gasteiger charge is -2.16. The lowest BCUT2D eigenvalue weighted by Crippen LogP contribution is -2.21. The van der Waals surface area contributed by atoms with Crippen LogP contribution in [-0.4, -0.2) is 52.2 Å². The van der Waals surface area contributed by atoms with Crippen LogP contribution in [0.2, 0.25) is 0 Å². The highest BCUT2D eigenvalue weighted by Gasteiger charge is 2.38. The fourth-order valence-electron chi connectivity index (χ4n) is 3.51. The van der Waals surface area contributed by atoms with Crippen molar-refractivity contribution >= 4 is 57.3 Å². The van der Waals surface area contributed by atoms with Gasteiger partial charge in [-0.15, -0.1) is 11.3 Å². The standard InChI is InChI=1S/C26H22N6OS.C2HF3O2/c1-32(2)23-20-10-6-7-11-21(20)30-26(31-23)28-19-14-12-18(13-15-19)27-24(33)22-16-34-25(29-22)17-8-4-3-5-9-17;3-2(4,5)1(6)7/h3-16H,1-2H3,(H,27,33)(H,28,30,31);(H,6,7). The molecular formula is C28H23F3N6O3S. The number of hydrogen-bond donors (Lipinski definition) is 3. The van der Waals surface area contributed by atoms with E-state index >= 15 is 0 Å². The van der Waals surface area contributed by atoms with Crippen LogP contribution in [-0.2, 0) is 4.79 Å². The van der Waals surface area contributed by atoms with Crippen molar-refractivity contribution in [3.05, 3.63) is 89.9 Å². The van der Waals surface area contributed by atoms with Crippen LogP contribution in [0.3, 0.4) is 0 Å². The average molecular weight is 581 g/mol. The van der Waals surface area contributed by atoms with E-state index in [9.17, 15) is 18.0 Å². The van der Waals surface area contributed by atoms with Crippen LogP contribution in [0.25, 0.3) is 21.5 Å². The quantitative estimate of drug-likeness (QED) is 0.210. The van der Waals surface area contributed by atoms with Gasteiger partial charge in [0.15, 0.2) is 0 Å². The molecule has 41 heavy (non-hydrogen) atoms. The summed E-state index contributed by atoms with van der Waals surface area (Å²) in [6.07, 6.45) is -5.08. The van der Waals surface area contributed by atoms with Crippen molar-refractivity contribution in [2.75, 3.05) is 29.6 Å². The van der Waals surface area contributed by atoms with Gasteiger partial charge in [0.25, 0.3) is 5.91 Å². The Bertz CT molecular complexity index is 1660. The van der Waals surface area contributed by atoms with Crippen LogP contribution in [0.15, 0.2) is 84.2 Å². The zero-order chi connectivity index (χ0) is 29.6. The smallest absolute Gasteiger partial charge is 0.475 e. The van der Waals surface area contributed by atoms with Crippen LogP contribution in [0.1, 0.15) is 10.5 Å². The van der Waals surface area contributed by atoms with E-state index in [4.69, 9.17) is 9.90 Å². The zero-order valence-electron chi connectivity index (χ0n) is 21.7. The first-order chi connectivity index (χ1) is 19.5. The number of rotatable bonds is 6. The van der Waals surface area contributed by atoms with Crippen molar-refractivity contribution in [3.8, 4) is 10.6 Å². The summed E-state index contributed by atoms with van der Waals surface area (Å²) in [6, 6.07) is 25.2. The first kappa shape index (κ1) is 29.0. The average Bonchev–Trinajstić information content (AvgIpc) is 3.45. The molecule has 0 aliphatic rings. The zero-order valence-corrected chi connectivity index (χ0v) is 22.5. The van der Waals surface area contributed by atoms with E-state index < -0.39 is 12.1 Å². The predicted molar refractivity (Wildman–Crippen MR) is 153 cm³/mol. The minimum absolute atomic E-state index is 0.243. The third-order valence-electron chi connectivity index (χ3n) is 5.41. The van der Waals surface area contributed by atoms with Crippen molar-refractivity contribution in [2.45, 2.75) is 6.18 Å². The first-order valence-corrected chi connectivity index (χ1v) is 12.8. The molecule has 3 aromatic carbocycles. The van der Waals surface area contributed by atoms with Crippen LogP contribution in [0, 0.1) is 0 Å². The van der Waals surface area contributed by atoms with E-state index in [1.807, 2.05) is 97.9 Å². The molecule has 5 aromatic rings. The number of fused-ring (bicyclic) bond motifs is 1. The molecule has 0 bridgehead atoms. The van der Waals surface area contributed by atoms with Crippen molar-refractivity contribution in [1.82, 2.24) is 15.0 Å². The number of carboxylic acid groups (broad SMARTS) is 1. The molecule has 0 aliphatic carbocycles. The molecule has 0 fully saturated rings. The number of benzene rings is 3. The molecule has 5 rings (SSSR count). The molecule has 9 nitrogen and oxygen atoms in total. The third-order valence-corrected chi connectivity index (χ3v) is 6.30. The number of carboxylic acids is 1. The molecule has 0 saturated carbocycles. The van der Waals surface area contributed by atoms with Crippen molar-refractivity contribution in [1.29, 1.82) is 0 Å². The van der Waals surface area contributed by atoms with Gasteiger partial charge in [0.05, 0.1) is 5.52 Å². The molecule has 0 aliphatic heterocycles. The molecule has 13 heteroatoms. The highest BCUT2D eigenvalue weighted by atomic mass is 32.1. The maximum Gasteiger partial charge on any atom is 0.490 e. The molecule has 3 N–H and O–H groups in total. The molecule has 0 saturated heterocycles. The second kappa shape index (κ2) is 12.4. The first-order valence-electron chi connectivity index (χ1n) is 11.9. The fraction of sp³-hybridized carbons (Fsp3) is 0.107. The third kappa shape index (κ3) is 7.54. The monoisotopic (exact) mass is 580 g/mol. The number of nitrogens with one attached hydrogen (secondary N) is 2. The Balaban J connectivity index is 0.000000493. The molecular weight excluding hydrogens is 557 g/mol. The Morgan fingerprint density at radius 2 is 1.46 bits per heavy atom. The number of carbonyl (C=O) groups excluding carboxylic acids is 1. The Morgan fingerprint density at radius 3 is 2.10 bits per heavy atom. The normalized spacial score (nSPS) is 10.9. The van der Waals surface area contributed by atoms with E-state index in [-0.39, 0.29) is 5.91 Å². The van der Waals surface area contributed by atoms with Gasteiger partial charge in [0.1, 0.15) is 16.5 Å². The number of para-hydroxylation sites is 1. The molecule has 0 radical (unpaired) electrons. The highest BCUT2D eigenvalue weighted by molar-refractivity contribution is 7.13. The van der Waals surface area contributed by atoms with E-state index in [2.05, 4.69) is 25.6 Å². The topological polar surface area (TPSA) is 120 Å². The molecule has 0 atom stereocenters. The minimum Gasteiger partial charge on any atom is -0.475 e. The number of alkyl halides is 3. The SMILES string of the molecule is CN(C)c1nc(Nc2ccc(NC(=O)c3csc(-c4ccccc4)n3)cc2)nc2ccccc12.O=C(O)C(F)(F)F. The second-order valence-electron chi connectivity index (χ2n) is 8.65. The maximum absolute atomic E-state index is 12.7. The van der Waals surface area contributed by atoms with E-state index in [0.717, 1.165) is 33.0 Å². The maximum atomic E-state index is 12.7. The summed E-state index contributed by atoms with van der Waals surface area (Å²) in [7, 11) is 3.92. The molecule has 2 aromatic heterocycles. The Hall–Kier alpha value is -5.04. The van der Waals surface area contributed by atoms with Gasteiger partial charge in [0.2, 0.25) is 5.95 Å².